The zero-order valence-electron chi connectivity index (χ0n) is 10.5. The number of amides is 1. The summed E-state index contributed by atoms with van der Waals surface area (Å²) in [6.07, 6.45) is 3.88. The Hall–Kier alpha value is -1.20. The summed E-state index contributed by atoms with van der Waals surface area (Å²) >= 11 is 3.28. The summed E-state index contributed by atoms with van der Waals surface area (Å²) < 4.78 is 14.3. The number of hydrogen-bond donors (Lipinski definition) is 1. The van der Waals surface area contributed by atoms with E-state index in [1.54, 1.807) is 17.0 Å². The van der Waals surface area contributed by atoms with E-state index in [9.17, 15) is 9.18 Å². The first-order valence-electron chi connectivity index (χ1n) is 6.22. The number of likely N-dealkylation sites (tertiary alicyclic amines) is 1. The first-order valence-corrected chi connectivity index (χ1v) is 7.01. The van der Waals surface area contributed by atoms with Gasteiger partial charge in [0.15, 0.2) is 0 Å². The molecule has 0 aromatic heterocycles. The fraction of sp³-hybridized carbons (Fsp3) is 0.357. The first-order chi connectivity index (χ1) is 9.10. The van der Waals surface area contributed by atoms with Crippen molar-refractivity contribution in [2.75, 3.05) is 19.6 Å². The molecule has 2 N–H and O–H groups in total. The van der Waals surface area contributed by atoms with E-state index in [0.717, 1.165) is 17.4 Å². The van der Waals surface area contributed by atoms with Crippen LogP contribution in [0.15, 0.2) is 28.7 Å². The predicted octanol–water partition coefficient (Wildman–Crippen LogP) is 2.41. The molecule has 1 aromatic rings. The van der Waals surface area contributed by atoms with Crippen molar-refractivity contribution in [1.82, 2.24) is 4.90 Å². The van der Waals surface area contributed by atoms with Gasteiger partial charge in [-0.3, -0.25) is 4.79 Å². The minimum atomic E-state index is -0.339. The van der Waals surface area contributed by atoms with Crippen LogP contribution >= 0.6 is 15.9 Å². The number of rotatable bonds is 3. The lowest BCUT2D eigenvalue weighted by Crippen LogP contribution is -2.28. The molecule has 19 heavy (non-hydrogen) atoms. The van der Waals surface area contributed by atoms with Crippen molar-refractivity contribution >= 4 is 27.9 Å². The van der Waals surface area contributed by atoms with Crippen LogP contribution in [0.2, 0.25) is 0 Å². The third kappa shape index (κ3) is 3.64. The molecule has 2 rings (SSSR count). The van der Waals surface area contributed by atoms with Crippen LogP contribution in [0.1, 0.15) is 12.0 Å². The standard InChI is InChI=1S/C14H16BrFN2O/c15-12-2-3-13(16)11(7-12)1-4-14(19)18-6-5-10(8-17)9-18/h1-4,7,10H,5-6,8-9,17H2/b4-1+. The van der Waals surface area contributed by atoms with Crippen molar-refractivity contribution in [1.29, 1.82) is 0 Å². The second-order valence-electron chi connectivity index (χ2n) is 4.67. The zero-order chi connectivity index (χ0) is 13.8. The van der Waals surface area contributed by atoms with Gasteiger partial charge in [0.05, 0.1) is 0 Å². The number of carbonyl (C=O) groups is 1. The highest BCUT2D eigenvalue weighted by Crippen LogP contribution is 2.18. The van der Waals surface area contributed by atoms with Crippen LogP contribution in [0, 0.1) is 11.7 Å². The van der Waals surface area contributed by atoms with E-state index in [1.165, 1.54) is 18.2 Å². The van der Waals surface area contributed by atoms with Crippen molar-refractivity contribution in [3.05, 3.63) is 40.1 Å². The molecule has 1 heterocycles. The second-order valence-corrected chi connectivity index (χ2v) is 5.59. The molecule has 0 saturated carbocycles. The fourth-order valence-corrected chi connectivity index (χ4v) is 2.51. The van der Waals surface area contributed by atoms with Crippen molar-refractivity contribution in [2.45, 2.75) is 6.42 Å². The summed E-state index contributed by atoms with van der Waals surface area (Å²) in [5, 5.41) is 0. The molecule has 1 atom stereocenters. The lowest BCUT2D eigenvalue weighted by atomic mass is 10.1. The molecule has 1 aliphatic heterocycles. The highest BCUT2D eigenvalue weighted by atomic mass is 79.9. The molecule has 1 aromatic carbocycles. The minimum absolute atomic E-state index is 0.0877. The third-order valence-electron chi connectivity index (χ3n) is 3.29. The Balaban J connectivity index is 2.02. The van der Waals surface area contributed by atoms with Crippen molar-refractivity contribution in [3.63, 3.8) is 0 Å². The van der Waals surface area contributed by atoms with Gasteiger partial charge in [-0.2, -0.15) is 0 Å². The molecule has 1 saturated heterocycles. The normalized spacial score (nSPS) is 19.3. The van der Waals surface area contributed by atoms with E-state index >= 15 is 0 Å². The highest BCUT2D eigenvalue weighted by Gasteiger charge is 2.23. The third-order valence-corrected chi connectivity index (χ3v) is 3.79. The average Bonchev–Trinajstić information content (AvgIpc) is 2.88. The van der Waals surface area contributed by atoms with Gasteiger partial charge in [-0.15, -0.1) is 0 Å². The quantitative estimate of drug-likeness (QED) is 0.867. The molecule has 1 unspecified atom stereocenters. The van der Waals surface area contributed by atoms with Crippen LogP contribution in [0.25, 0.3) is 6.08 Å². The van der Waals surface area contributed by atoms with E-state index in [4.69, 9.17) is 5.73 Å². The summed E-state index contributed by atoms with van der Waals surface area (Å²) in [7, 11) is 0. The smallest absolute Gasteiger partial charge is 0.246 e. The van der Waals surface area contributed by atoms with Crippen LogP contribution in [0.3, 0.4) is 0 Å². The zero-order valence-corrected chi connectivity index (χ0v) is 12.1. The van der Waals surface area contributed by atoms with Gasteiger partial charge >= 0.3 is 0 Å². The second kappa shape index (κ2) is 6.30. The number of nitrogens with zero attached hydrogens (tertiary/aromatic N) is 1. The summed E-state index contributed by atoms with van der Waals surface area (Å²) in [5.74, 6) is -0.0382. The highest BCUT2D eigenvalue weighted by molar-refractivity contribution is 9.10. The Morgan fingerprint density at radius 1 is 1.58 bits per heavy atom. The van der Waals surface area contributed by atoms with E-state index in [2.05, 4.69) is 15.9 Å². The summed E-state index contributed by atoms with van der Waals surface area (Å²) in [5.41, 5.74) is 5.99. The maximum absolute atomic E-state index is 13.5. The topological polar surface area (TPSA) is 46.3 Å². The molecule has 0 aliphatic carbocycles. The van der Waals surface area contributed by atoms with Crippen LogP contribution in [0.5, 0.6) is 0 Å². The first kappa shape index (κ1) is 14.2. The Kier molecular flexibility index (Phi) is 4.71. The average molecular weight is 327 g/mol. The van der Waals surface area contributed by atoms with Crippen molar-refractivity contribution < 1.29 is 9.18 Å². The van der Waals surface area contributed by atoms with Gasteiger partial charge < -0.3 is 10.6 Å². The largest absolute Gasteiger partial charge is 0.339 e. The minimum Gasteiger partial charge on any atom is -0.339 e. The van der Waals surface area contributed by atoms with Gasteiger partial charge in [-0.25, -0.2) is 4.39 Å². The Labute approximate surface area is 120 Å². The number of benzene rings is 1. The molecule has 5 heteroatoms. The Morgan fingerprint density at radius 2 is 2.37 bits per heavy atom. The maximum Gasteiger partial charge on any atom is 0.246 e. The van der Waals surface area contributed by atoms with Crippen LogP contribution < -0.4 is 5.73 Å². The fourth-order valence-electron chi connectivity index (χ4n) is 2.13. The van der Waals surface area contributed by atoms with E-state index in [0.29, 0.717) is 24.6 Å². The van der Waals surface area contributed by atoms with Gasteiger partial charge in [-0.1, -0.05) is 15.9 Å². The number of hydrogen-bond acceptors (Lipinski definition) is 2. The molecular weight excluding hydrogens is 311 g/mol. The molecule has 0 bridgehead atoms. The molecular formula is C14H16BrFN2O. The Morgan fingerprint density at radius 3 is 3.05 bits per heavy atom. The van der Waals surface area contributed by atoms with Crippen LogP contribution in [0.4, 0.5) is 4.39 Å². The predicted molar refractivity (Wildman–Crippen MR) is 76.9 cm³/mol. The Bertz CT molecular complexity index is 504. The van der Waals surface area contributed by atoms with Gasteiger partial charge in [0.25, 0.3) is 0 Å². The molecule has 0 spiro atoms. The maximum atomic E-state index is 13.5. The summed E-state index contributed by atoms with van der Waals surface area (Å²) in [6.45, 7) is 2.03. The van der Waals surface area contributed by atoms with Crippen molar-refractivity contribution in [2.24, 2.45) is 11.7 Å². The van der Waals surface area contributed by atoms with Gasteiger partial charge in [0.2, 0.25) is 5.91 Å². The molecule has 1 aliphatic rings. The molecule has 1 fully saturated rings. The van der Waals surface area contributed by atoms with Gasteiger partial charge in [-0.05, 0) is 43.2 Å². The van der Waals surface area contributed by atoms with Gasteiger partial charge in [0.1, 0.15) is 5.82 Å². The SMILES string of the molecule is NCC1CCN(C(=O)/C=C/c2cc(Br)ccc2F)C1. The molecule has 0 radical (unpaired) electrons. The van der Waals surface area contributed by atoms with Crippen molar-refractivity contribution in [3.8, 4) is 0 Å². The number of nitrogens with two attached hydrogens (primary N) is 1. The van der Waals surface area contributed by atoms with Crippen LogP contribution in [-0.2, 0) is 4.79 Å². The molecule has 102 valence electrons. The van der Waals surface area contributed by atoms with Gasteiger partial charge in [0, 0.05) is 29.2 Å². The number of carbonyl (C=O) groups excluding carboxylic acids is 1. The summed E-state index contributed by atoms with van der Waals surface area (Å²) in [6, 6.07) is 4.64. The van der Waals surface area contributed by atoms with E-state index in [-0.39, 0.29) is 11.7 Å². The summed E-state index contributed by atoms with van der Waals surface area (Å²) in [4.78, 5) is 13.7. The molecule has 1 amide bonds. The lowest BCUT2D eigenvalue weighted by molar-refractivity contribution is -0.125. The monoisotopic (exact) mass is 326 g/mol. The lowest BCUT2D eigenvalue weighted by Gasteiger charge is -2.13. The van der Waals surface area contributed by atoms with Crippen LogP contribution in [-0.4, -0.2) is 30.4 Å². The van der Waals surface area contributed by atoms with E-state index < -0.39 is 0 Å². The molecule has 3 nitrogen and oxygen atoms in total. The van der Waals surface area contributed by atoms with E-state index in [1.807, 2.05) is 0 Å². The number of halogens is 2.